The first-order chi connectivity index (χ1) is 9.38. The molecule has 0 saturated heterocycles. The molecule has 0 unspecified atom stereocenters. The van der Waals surface area contributed by atoms with Gasteiger partial charge >= 0.3 is 0 Å². The second-order valence-electron chi connectivity index (χ2n) is 4.39. The predicted octanol–water partition coefficient (Wildman–Crippen LogP) is 6.16. The Morgan fingerprint density at radius 1 is 1.10 bits per heavy atom. The smallest absolute Gasteiger partial charge is 0.0591 e. The van der Waals surface area contributed by atoms with Crippen LogP contribution in [0.15, 0.2) is 34.8 Å². The van der Waals surface area contributed by atoms with Crippen LogP contribution in [-0.2, 0) is 0 Å². The van der Waals surface area contributed by atoms with Crippen LogP contribution in [0.2, 0.25) is 15.1 Å². The first-order valence-electron chi connectivity index (χ1n) is 5.84. The summed E-state index contributed by atoms with van der Waals surface area (Å²) in [5, 5.41) is 5.11. The summed E-state index contributed by atoms with van der Waals surface area (Å²) in [5.41, 5.74) is 8.27. The van der Waals surface area contributed by atoms with Gasteiger partial charge in [-0.05, 0) is 52.7 Å². The SMILES string of the molecule is C[C@@H](Nc1cc(Br)c(Cl)cc1N)c1ccc(Cl)cc1Cl. The fourth-order valence-corrected chi connectivity index (χ4v) is 2.94. The largest absolute Gasteiger partial charge is 0.397 e. The molecule has 0 aliphatic carbocycles. The molecule has 0 aromatic heterocycles. The highest BCUT2D eigenvalue weighted by Crippen LogP contribution is 2.34. The van der Waals surface area contributed by atoms with E-state index in [4.69, 9.17) is 40.5 Å². The molecular weight excluding hydrogens is 382 g/mol. The highest BCUT2D eigenvalue weighted by molar-refractivity contribution is 9.10. The Morgan fingerprint density at radius 2 is 1.80 bits per heavy atom. The van der Waals surface area contributed by atoms with Crippen LogP contribution in [-0.4, -0.2) is 0 Å². The first-order valence-corrected chi connectivity index (χ1v) is 7.77. The monoisotopic (exact) mass is 392 g/mol. The van der Waals surface area contributed by atoms with Crippen molar-refractivity contribution in [1.29, 1.82) is 0 Å². The molecule has 0 heterocycles. The third-order valence-corrected chi connectivity index (χ3v) is 4.65. The van der Waals surface area contributed by atoms with Crippen LogP contribution in [0, 0.1) is 0 Å². The van der Waals surface area contributed by atoms with Crippen LogP contribution in [0.5, 0.6) is 0 Å². The lowest BCUT2D eigenvalue weighted by molar-refractivity contribution is 0.885. The molecule has 2 nitrogen and oxygen atoms in total. The standard InChI is InChI=1S/C14H12BrCl3N2/c1-7(9-3-2-8(16)4-11(9)17)20-14-5-10(15)12(18)6-13(14)19/h2-7,20H,19H2,1H3/t7-/m1/s1. The third-order valence-electron chi connectivity index (χ3n) is 2.89. The molecular formula is C14H12BrCl3N2. The van der Waals surface area contributed by atoms with Gasteiger partial charge in [0, 0.05) is 14.5 Å². The molecule has 0 fully saturated rings. The average molecular weight is 395 g/mol. The van der Waals surface area contributed by atoms with Crippen molar-refractivity contribution in [2.75, 3.05) is 11.1 Å². The molecule has 0 spiro atoms. The zero-order chi connectivity index (χ0) is 14.9. The fraction of sp³-hybridized carbons (Fsp3) is 0.143. The predicted molar refractivity (Wildman–Crippen MR) is 92.1 cm³/mol. The van der Waals surface area contributed by atoms with Gasteiger partial charge in [0.1, 0.15) is 0 Å². The molecule has 2 aromatic rings. The minimum absolute atomic E-state index is 0.0184. The Hall–Kier alpha value is -0.610. The van der Waals surface area contributed by atoms with E-state index in [0.717, 1.165) is 15.7 Å². The summed E-state index contributed by atoms with van der Waals surface area (Å²) in [6.07, 6.45) is 0. The number of nitrogen functional groups attached to an aromatic ring is 1. The summed E-state index contributed by atoms with van der Waals surface area (Å²) in [6, 6.07) is 8.95. The maximum atomic E-state index is 6.20. The topological polar surface area (TPSA) is 38.0 Å². The van der Waals surface area contributed by atoms with Gasteiger partial charge in [0.05, 0.1) is 22.4 Å². The van der Waals surface area contributed by atoms with Crippen molar-refractivity contribution < 1.29 is 0 Å². The molecule has 20 heavy (non-hydrogen) atoms. The van der Waals surface area contributed by atoms with Crippen LogP contribution in [0.25, 0.3) is 0 Å². The van der Waals surface area contributed by atoms with Crippen molar-refractivity contribution in [1.82, 2.24) is 0 Å². The van der Waals surface area contributed by atoms with E-state index in [1.54, 1.807) is 12.1 Å². The number of benzene rings is 2. The molecule has 0 aliphatic rings. The van der Waals surface area contributed by atoms with Crippen molar-refractivity contribution in [3.63, 3.8) is 0 Å². The molecule has 3 N–H and O–H groups in total. The minimum atomic E-state index is -0.0184. The third kappa shape index (κ3) is 3.53. The molecule has 0 saturated carbocycles. The van der Waals surface area contributed by atoms with E-state index >= 15 is 0 Å². The van der Waals surface area contributed by atoms with Gasteiger partial charge in [-0.3, -0.25) is 0 Å². The van der Waals surface area contributed by atoms with Crippen molar-refractivity contribution in [2.24, 2.45) is 0 Å². The summed E-state index contributed by atoms with van der Waals surface area (Å²) in [7, 11) is 0. The Morgan fingerprint density at radius 3 is 2.45 bits per heavy atom. The molecule has 6 heteroatoms. The molecule has 2 rings (SSSR count). The lowest BCUT2D eigenvalue weighted by atomic mass is 10.1. The summed E-state index contributed by atoms with van der Waals surface area (Å²) in [5.74, 6) is 0. The Labute approximate surface area is 141 Å². The molecule has 1 atom stereocenters. The normalized spacial score (nSPS) is 12.2. The van der Waals surface area contributed by atoms with Crippen LogP contribution in [0.4, 0.5) is 11.4 Å². The number of rotatable bonds is 3. The molecule has 0 bridgehead atoms. The van der Waals surface area contributed by atoms with Crippen molar-refractivity contribution in [3.8, 4) is 0 Å². The summed E-state index contributed by atoms with van der Waals surface area (Å²) < 4.78 is 0.783. The van der Waals surface area contributed by atoms with E-state index in [1.807, 2.05) is 25.1 Å². The van der Waals surface area contributed by atoms with E-state index in [0.29, 0.717) is 20.8 Å². The zero-order valence-corrected chi connectivity index (χ0v) is 14.4. The first kappa shape index (κ1) is 15.8. The van der Waals surface area contributed by atoms with Gasteiger partial charge in [-0.25, -0.2) is 0 Å². The molecule has 2 aromatic carbocycles. The zero-order valence-electron chi connectivity index (χ0n) is 10.6. The van der Waals surface area contributed by atoms with E-state index < -0.39 is 0 Å². The maximum absolute atomic E-state index is 6.20. The second kappa shape index (κ2) is 6.44. The van der Waals surface area contributed by atoms with Gasteiger partial charge in [-0.15, -0.1) is 0 Å². The Balaban J connectivity index is 2.27. The van der Waals surface area contributed by atoms with Gasteiger partial charge in [0.2, 0.25) is 0 Å². The van der Waals surface area contributed by atoms with Crippen LogP contribution in [0.1, 0.15) is 18.5 Å². The number of nitrogens with one attached hydrogen (secondary N) is 1. The van der Waals surface area contributed by atoms with Crippen molar-refractivity contribution in [2.45, 2.75) is 13.0 Å². The number of anilines is 2. The summed E-state index contributed by atoms with van der Waals surface area (Å²) in [4.78, 5) is 0. The van der Waals surface area contributed by atoms with Crippen LogP contribution < -0.4 is 11.1 Å². The summed E-state index contributed by atoms with van der Waals surface area (Å²) in [6.45, 7) is 2.00. The van der Waals surface area contributed by atoms with Gasteiger partial charge < -0.3 is 11.1 Å². The van der Waals surface area contributed by atoms with E-state index in [-0.39, 0.29) is 6.04 Å². The Kier molecular flexibility index (Phi) is 5.08. The second-order valence-corrected chi connectivity index (χ2v) is 6.49. The Bertz CT molecular complexity index is 647. The maximum Gasteiger partial charge on any atom is 0.0591 e. The highest BCUT2D eigenvalue weighted by Gasteiger charge is 2.12. The molecule has 106 valence electrons. The van der Waals surface area contributed by atoms with Crippen LogP contribution in [0.3, 0.4) is 0 Å². The lowest BCUT2D eigenvalue weighted by Crippen LogP contribution is -2.09. The summed E-state index contributed by atoms with van der Waals surface area (Å²) >= 11 is 21.5. The van der Waals surface area contributed by atoms with Gasteiger partial charge in [-0.1, -0.05) is 40.9 Å². The van der Waals surface area contributed by atoms with Crippen LogP contribution >= 0.6 is 50.7 Å². The van der Waals surface area contributed by atoms with Gasteiger partial charge in [0.15, 0.2) is 0 Å². The molecule has 0 amide bonds. The minimum Gasteiger partial charge on any atom is -0.397 e. The van der Waals surface area contributed by atoms with E-state index in [2.05, 4.69) is 21.2 Å². The molecule has 0 aliphatic heterocycles. The van der Waals surface area contributed by atoms with E-state index in [9.17, 15) is 0 Å². The van der Waals surface area contributed by atoms with E-state index in [1.165, 1.54) is 0 Å². The quantitative estimate of drug-likeness (QED) is 0.612. The van der Waals surface area contributed by atoms with Crippen molar-refractivity contribution >= 4 is 62.1 Å². The number of hydrogen-bond donors (Lipinski definition) is 2. The average Bonchev–Trinajstić information content (AvgIpc) is 2.35. The molecule has 0 radical (unpaired) electrons. The highest BCUT2D eigenvalue weighted by atomic mass is 79.9. The number of nitrogens with two attached hydrogens (primary N) is 1. The number of halogens is 4. The fourth-order valence-electron chi connectivity index (χ4n) is 1.85. The lowest BCUT2D eigenvalue weighted by Gasteiger charge is -2.19. The van der Waals surface area contributed by atoms with Gasteiger partial charge in [-0.2, -0.15) is 0 Å². The van der Waals surface area contributed by atoms with Crippen molar-refractivity contribution in [3.05, 3.63) is 55.4 Å². The van der Waals surface area contributed by atoms with Gasteiger partial charge in [0.25, 0.3) is 0 Å². The number of hydrogen-bond acceptors (Lipinski definition) is 2.